The first kappa shape index (κ1) is 22.4. The lowest BCUT2D eigenvalue weighted by Gasteiger charge is -2.14. The number of carbonyl (C=O) groups is 2. The molecular formula is C25H26N4O4S. The Kier molecular flexibility index (Phi) is 5.97. The molecule has 176 valence electrons. The molecule has 0 bridgehead atoms. The number of aryl methyl sites for hydroxylation is 1. The van der Waals surface area contributed by atoms with E-state index in [1.165, 1.54) is 11.3 Å². The highest BCUT2D eigenvalue weighted by atomic mass is 32.1. The molecule has 9 heteroatoms. The van der Waals surface area contributed by atoms with Crippen molar-refractivity contribution in [1.82, 2.24) is 19.8 Å². The molecule has 1 aliphatic rings. The summed E-state index contributed by atoms with van der Waals surface area (Å²) in [5.74, 6) is 1.29. The Bertz CT molecular complexity index is 1390. The Hall–Kier alpha value is -3.43. The molecule has 2 amide bonds. The van der Waals surface area contributed by atoms with Gasteiger partial charge in [-0.3, -0.25) is 14.3 Å². The van der Waals surface area contributed by atoms with Crippen LogP contribution in [0.1, 0.15) is 28.7 Å². The minimum absolute atomic E-state index is 0.00269. The maximum atomic E-state index is 13.0. The van der Waals surface area contributed by atoms with Gasteiger partial charge in [0.15, 0.2) is 0 Å². The summed E-state index contributed by atoms with van der Waals surface area (Å²) in [5, 5.41) is 3.75. The third-order valence-electron chi connectivity index (χ3n) is 6.07. The monoisotopic (exact) mass is 478 g/mol. The smallest absolute Gasteiger partial charge is 0.326 e. The van der Waals surface area contributed by atoms with E-state index >= 15 is 0 Å². The first-order valence-electron chi connectivity index (χ1n) is 11.3. The van der Waals surface area contributed by atoms with Gasteiger partial charge in [-0.05, 0) is 50.6 Å². The van der Waals surface area contributed by atoms with Crippen LogP contribution in [0.25, 0.3) is 21.1 Å². The molecule has 0 saturated carbocycles. The fourth-order valence-corrected chi connectivity index (χ4v) is 5.42. The number of pyridine rings is 1. The highest BCUT2D eigenvalue weighted by Gasteiger charge is 2.28. The number of likely N-dealkylation sites (tertiary alicyclic amines) is 1. The summed E-state index contributed by atoms with van der Waals surface area (Å²) in [6.07, 6.45) is 2.63. The molecule has 0 spiro atoms. The molecule has 4 aromatic rings. The fourth-order valence-electron chi connectivity index (χ4n) is 4.38. The van der Waals surface area contributed by atoms with E-state index in [0.29, 0.717) is 36.0 Å². The van der Waals surface area contributed by atoms with Gasteiger partial charge in [-0.1, -0.05) is 0 Å². The van der Waals surface area contributed by atoms with Crippen LogP contribution in [0.2, 0.25) is 0 Å². The number of nitrogens with zero attached hydrogens (tertiary/aromatic N) is 3. The van der Waals surface area contributed by atoms with Gasteiger partial charge in [0.25, 0.3) is 5.91 Å². The van der Waals surface area contributed by atoms with Gasteiger partial charge in [-0.25, -0.2) is 4.79 Å². The van der Waals surface area contributed by atoms with Gasteiger partial charge in [0.05, 0.1) is 26.7 Å². The standard InChI is InChI=1S/C25H26N4O4S/c1-4-26-25(31)29-15(2)11-16-12-17(5-6-20(16)29)33-21-7-9-27-19-13-22(34-23(19)21)24(30)28-10-8-18(14-28)32-3/h5-7,9,11-13,18H,4,8,10,14H2,1-3H3,(H,26,31). The normalized spacial score (nSPS) is 15.9. The molecule has 4 heterocycles. The molecular weight excluding hydrogens is 452 g/mol. The Balaban J connectivity index is 1.43. The van der Waals surface area contributed by atoms with Gasteiger partial charge in [-0.2, -0.15) is 0 Å². The van der Waals surface area contributed by atoms with Crippen molar-refractivity contribution in [3.8, 4) is 11.5 Å². The lowest BCUT2D eigenvalue weighted by molar-refractivity contribution is 0.0728. The van der Waals surface area contributed by atoms with Gasteiger partial charge >= 0.3 is 6.03 Å². The average molecular weight is 479 g/mol. The maximum Gasteiger partial charge on any atom is 0.326 e. The van der Waals surface area contributed by atoms with E-state index in [1.807, 2.05) is 49.1 Å². The zero-order valence-electron chi connectivity index (χ0n) is 19.3. The number of thiophene rings is 1. The van der Waals surface area contributed by atoms with Crippen LogP contribution in [0.15, 0.2) is 42.6 Å². The number of amides is 2. The molecule has 1 fully saturated rings. The molecule has 0 radical (unpaired) electrons. The third kappa shape index (κ3) is 4.01. The molecule has 3 aromatic heterocycles. The number of hydrogen-bond acceptors (Lipinski definition) is 6. The number of hydrogen-bond donors (Lipinski definition) is 1. The van der Waals surface area contributed by atoms with E-state index in [9.17, 15) is 9.59 Å². The fraction of sp³-hybridized carbons (Fsp3) is 0.320. The molecule has 1 aliphatic heterocycles. The first-order chi connectivity index (χ1) is 16.5. The maximum absolute atomic E-state index is 13.0. The first-order valence-corrected chi connectivity index (χ1v) is 12.1. The molecule has 5 rings (SSSR count). The third-order valence-corrected chi connectivity index (χ3v) is 7.19. The lowest BCUT2D eigenvalue weighted by atomic mass is 10.2. The van der Waals surface area contributed by atoms with Crippen molar-refractivity contribution in [3.63, 3.8) is 0 Å². The van der Waals surface area contributed by atoms with Crippen LogP contribution in [0.3, 0.4) is 0 Å². The van der Waals surface area contributed by atoms with Gasteiger partial charge in [0.2, 0.25) is 0 Å². The second kappa shape index (κ2) is 9.08. The summed E-state index contributed by atoms with van der Waals surface area (Å²) < 4.78 is 14.1. The highest BCUT2D eigenvalue weighted by Crippen LogP contribution is 2.36. The van der Waals surface area contributed by atoms with Crippen LogP contribution in [-0.4, -0.2) is 59.2 Å². The number of nitrogens with one attached hydrogen (secondary N) is 1. The quantitative estimate of drug-likeness (QED) is 0.446. The van der Waals surface area contributed by atoms with Crippen LogP contribution < -0.4 is 10.1 Å². The number of ether oxygens (including phenoxy) is 2. The van der Waals surface area contributed by atoms with E-state index in [0.717, 1.165) is 33.2 Å². The highest BCUT2D eigenvalue weighted by molar-refractivity contribution is 7.21. The van der Waals surface area contributed by atoms with E-state index < -0.39 is 0 Å². The lowest BCUT2D eigenvalue weighted by Crippen LogP contribution is -2.29. The molecule has 1 unspecified atom stereocenters. The number of fused-ring (bicyclic) bond motifs is 2. The average Bonchev–Trinajstić information content (AvgIpc) is 3.55. The van der Waals surface area contributed by atoms with E-state index in [-0.39, 0.29) is 18.0 Å². The van der Waals surface area contributed by atoms with Crippen molar-refractivity contribution < 1.29 is 19.1 Å². The van der Waals surface area contributed by atoms with Crippen molar-refractivity contribution in [2.45, 2.75) is 26.4 Å². The van der Waals surface area contributed by atoms with Crippen molar-refractivity contribution in [3.05, 3.63) is 53.2 Å². The van der Waals surface area contributed by atoms with Crippen LogP contribution in [0.4, 0.5) is 4.79 Å². The SMILES string of the molecule is CCNC(=O)n1c(C)cc2cc(Oc3ccnc4cc(C(=O)N5CCC(OC)C5)sc34)ccc21. The summed E-state index contributed by atoms with van der Waals surface area (Å²) in [6.45, 7) is 5.66. The Morgan fingerprint density at radius 1 is 1.24 bits per heavy atom. The van der Waals surface area contributed by atoms with Crippen LogP contribution in [0, 0.1) is 6.92 Å². The molecule has 1 N–H and O–H groups in total. The van der Waals surface area contributed by atoms with E-state index in [2.05, 4.69) is 10.3 Å². The summed E-state index contributed by atoms with van der Waals surface area (Å²) in [7, 11) is 1.68. The second-order valence-corrected chi connectivity index (χ2v) is 9.36. The van der Waals surface area contributed by atoms with E-state index in [4.69, 9.17) is 9.47 Å². The van der Waals surface area contributed by atoms with Gasteiger partial charge < -0.3 is 19.7 Å². The Morgan fingerprint density at radius 3 is 2.85 bits per heavy atom. The zero-order chi connectivity index (χ0) is 23.8. The summed E-state index contributed by atoms with van der Waals surface area (Å²) >= 11 is 1.39. The zero-order valence-corrected chi connectivity index (χ0v) is 20.1. The summed E-state index contributed by atoms with van der Waals surface area (Å²) in [6, 6.07) is 11.1. The number of benzene rings is 1. The van der Waals surface area contributed by atoms with Gasteiger partial charge in [0, 0.05) is 50.1 Å². The van der Waals surface area contributed by atoms with Gasteiger partial charge in [0.1, 0.15) is 11.5 Å². The summed E-state index contributed by atoms with van der Waals surface area (Å²) in [4.78, 5) is 32.3. The largest absolute Gasteiger partial charge is 0.456 e. The van der Waals surface area contributed by atoms with Crippen molar-refractivity contribution in [2.75, 3.05) is 26.7 Å². The molecule has 8 nitrogen and oxygen atoms in total. The minimum atomic E-state index is -0.148. The molecule has 1 atom stereocenters. The number of rotatable bonds is 5. The van der Waals surface area contributed by atoms with E-state index in [1.54, 1.807) is 23.9 Å². The van der Waals surface area contributed by atoms with Crippen molar-refractivity contribution in [1.29, 1.82) is 0 Å². The predicted molar refractivity (Wildman–Crippen MR) is 132 cm³/mol. The van der Waals surface area contributed by atoms with Gasteiger partial charge in [-0.15, -0.1) is 11.3 Å². The molecule has 1 saturated heterocycles. The number of methoxy groups -OCH3 is 1. The topological polar surface area (TPSA) is 85.7 Å². The number of aromatic nitrogens is 2. The second-order valence-electron chi connectivity index (χ2n) is 8.31. The Morgan fingerprint density at radius 2 is 2.09 bits per heavy atom. The molecule has 34 heavy (non-hydrogen) atoms. The minimum Gasteiger partial charge on any atom is -0.456 e. The van der Waals surface area contributed by atoms with Crippen molar-refractivity contribution in [2.24, 2.45) is 0 Å². The predicted octanol–water partition coefficient (Wildman–Crippen LogP) is 4.79. The van der Waals surface area contributed by atoms with Crippen molar-refractivity contribution >= 4 is 44.4 Å². The number of carbonyl (C=O) groups excluding carboxylic acids is 2. The van der Waals surface area contributed by atoms with Crippen LogP contribution >= 0.6 is 11.3 Å². The molecule has 0 aliphatic carbocycles. The molecule has 1 aromatic carbocycles. The summed E-state index contributed by atoms with van der Waals surface area (Å²) in [5.41, 5.74) is 2.40. The van der Waals surface area contributed by atoms with Crippen LogP contribution in [-0.2, 0) is 4.74 Å². The Labute approximate surface area is 201 Å². The van der Waals surface area contributed by atoms with Crippen LogP contribution in [0.5, 0.6) is 11.5 Å².